The van der Waals surface area contributed by atoms with Gasteiger partial charge >= 0.3 is 228 Å². The molecule has 4 N–H and O–H groups in total. The van der Waals surface area contributed by atoms with Gasteiger partial charge in [0.1, 0.15) is 0 Å². The summed E-state index contributed by atoms with van der Waals surface area (Å²) < 4.78 is 27.1. The van der Waals surface area contributed by atoms with Crippen LogP contribution < -0.4 is 40.5 Å². The van der Waals surface area contributed by atoms with Gasteiger partial charge in [-0.3, -0.25) is 0 Å². The molecule has 0 radical (unpaired) electrons. The van der Waals surface area contributed by atoms with Crippen molar-refractivity contribution in [1.82, 2.24) is 15.3 Å². The molecule has 4 rings (SSSR count). The monoisotopic (exact) mass is 790 g/mol. The fraction of sp³-hybridized carbons (Fsp3) is 0.150. The molecule has 9 nitrogen and oxygen atoms in total. The zero-order valence-electron chi connectivity index (χ0n) is 16.8. The van der Waals surface area contributed by atoms with Crippen molar-refractivity contribution < 1.29 is 43.4 Å². The fourth-order valence-corrected chi connectivity index (χ4v) is 6.12. The van der Waals surface area contributed by atoms with Crippen LogP contribution in [-0.4, -0.2) is 31.0 Å². The molecule has 3 aromatic rings. The van der Waals surface area contributed by atoms with Crippen molar-refractivity contribution in [3.63, 3.8) is 0 Å². The summed E-state index contributed by atoms with van der Waals surface area (Å²) in [5.41, 5.74) is 4.09. The van der Waals surface area contributed by atoms with Crippen molar-refractivity contribution in [1.29, 1.82) is 0 Å². The molecule has 0 saturated heterocycles. The first-order valence-corrected chi connectivity index (χ1v) is 13.7. The standard InChI is InChI=1S/C20H16FI3N5O4/c1-32-18-10(21)3-2-4-11(18)26-17-15-12(7-14(28-19(15)30)24-33-20(22)31)27-16(17)9-5-6-25-8-13(9)29-23/h2-6,8,14,26-27,29H,7H2,1H3,(H,28,30)/q-1. The van der Waals surface area contributed by atoms with E-state index in [1.54, 1.807) is 47.1 Å². The number of aromatic nitrogens is 2. The predicted octanol–water partition coefficient (Wildman–Crippen LogP) is 1.92. The minimum atomic E-state index is -1.04. The molecule has 1 aromatic carbocycles. The van der Waals surface area contributed by atoms with E-state index in [1.807, 2.05) is 28.9 Å². The number of fused-ring (bicyclic) bond motifs is 1. The number of H-pyrrole nitrogens is 1. The SMILES string of the molecule is COc1c(F)cccc1Nc1c(-c2ccncc2NI)[nH]c2c1C(=O)NC([I-]OC(=O)I)C2. The second kappa shape index (κ2) is 10.6. The first kappa shape index (κ1) is 24.2. The van der Waals surface area contributed by atoms with Crippen LogP contribution in [0, 0.1) is 5.82 Å². The quantitative estimate of drug-likeness (QED) is 0.0952. The number of amides is 1. The van der Waals surface area contributed by atoms with Crippen LogP contribution >= 0.6 is 45.5 Å². The maximum atomic E-state index is 14.3. The Morgan fingerprint density at radius 1 is 1.33 bits per heavy atom. The number of hydrogen-bond donors (Lipinski definition) is 4. The molecule has 33 heavy (non-hydrogen) atoms. The van der Waals surface area contributed by atoms with Gasteiger partial charge in [-0.05, 0) is 0 Å². The average Bonchev–Trinajstić information content (AvgIpc) is 3.16. The van der Waals surface area contributed by atoms with Gasteiger partial charge in [-0.2, -0.15) is 0 Å². The minimum absolute atomic E-state index is 0.0364. The number of methoxy groups -OCH3 is 1. The van der Waals surface area contributed by atoms with Gasteiger partial charge in [0, 0.05) is 0 Å². The summed E-state index contributed by atoms with van der Waals surface area (Å²) in [6.07, 6.45) is 3.78. The Labute approximate surface area is 226 Å². The van der Waals surface area contributed by atoms with Crippen molar-refractivity contribution in [2.45, 2.75) is 10.5 Å². The Bertz CT molecular complexity index is 1220. The van der Waals surface area contributed by atoms with Crippen molar-refractivity contribution in [3.8, 4) is 17.0 Å². The molecule has 1 aliphatic heterocycles. The van der Waals surface area contributed by atoms with Crippen LogP contribution in [0.5, 0.6) is 5.75 Å². The van der Waals surface area contributed by atoms with Gasteiger partial charge in [-0.25, -0.2) is 0 Å². The number of ether oxygens (including phenoxy) is 1. The third kappa shape index (κ3) is 5.13. The number of carbonyl (C=O) groups excluding carboxylic acids is 2. The number of nitrogens with one attached hydrogen (secondary N) is 4. The molecule has 0 saturated carbocycles. The Hall–Kier alpha value is -1.89. The van der Waals surface area contributed by atoms with Gasteiger partial charge in [0.2, 0.25) is 0 Å². The van der Waals surface area contributed by atoms with Crippen LogP contribution in [0.1, 0.15) is 16.1 Å². The van der Waals surface area contributed by atoms with E-state index in [4.69, 9.17) is 7.80 Å². The number of carbonyl (C=O) groups is 2. The van der Waals surface area contributed by atoms with E-state index in [1.165, 1.54) is 13.2 Å². The zero-order chi connectivity index (χ0) is 23.5. The summed E-state index contributed by atoms with van der Waals surface area (Å²) in [5.74, 6) is -0.806. The Kier molecular flexibility index (Phi) is 7.77. The molecule has 1 aliphatic rings. The van der Waals surface area contributed by atoms with Gasteiger partial charge in [0.25, 0.3) is 0 Å². The topological polar surface area (TPSA) is 117 Å². The van der Waals surface area contributed by atoms with Gasteiger partial charge in [-0.15, -0.1) is 0 Å². The number of benzene rings is 1. The van der Waals surface area contributed by atoms with E-state index < -0.39 is 31.4 Å². The van der Waals surface area contributed by atoms with E-state index in [0.29, 0.717) is 34.7 Å². The van der Waals surface area contributed by atoms with E-state index in [-0.39, 0.29) is 15.7 Å². The van der Waals surface area contributed by atoms with Crippen molar-refractivity contribution in [3.05, 3.63) is 53.7 Å². The molecule has 2 aromatic heterocycles. The van der Waals surface area contributed by atoms with E-state index in [0.717, 1.165) is 11.3 Å². The Morgan fingerprint density at radius 2 is 2.15 bits per heavy atom. The number of nitrogens with zero attached hydrogens (tertiary/aromatic N) is 1. The average molecular weight is 790 g/mol. The molecule has 1 unspecified atom stereocenters. The molecule has 0 fully saturated rings. The number of aromatic amines is 1. The summed E-state index contributed by atoms with van der Waals surface area (Å²) in [4.78, 5) is 31.9. The van der Waals surface area contributed by atoms with E-state index in [9.17, 15) is 14.0 Å². The molecule has 1 atom stereocenters. The van der Waals surface area contributed by atoms with Gasteiger partial charge in [0.05, 0.1) is 0 Å². The first-order chi connectivity index (χ1) is 15.9. The number of alkyl halides is 1. The molecular formula is C20H16FI3N5O4-. The number of para-hydroxylation sites is 1. The zero-order valence-corrected chi connectivity index (χ0v) is 23.3. The number of hydrogen-bond acceptors (Lipinski definition) is 7. The molecule has 1 amide bonds. The molecule has 3 heterocycles. The third-order valence-electron chi connectivity index (χ3n) is 4.81. The fourth-order valence-electron chi connectivity index (χ4n) is 3.51. The van der Waals surface area contributed by atoms with Crippen LogP contribution in [0.25, 0.3) is 11.3 Å². The van der Waals surface area contributed by atoms with Crippen LogP contribution in [-0.2, 0) is 9.49 Å². The van der Waals surface area contributed by atoms with E-state index >= 15 is 0 Å². The van der Waals surface area contributed by atoms with Crippen molar-refractivity contribution in [2.24, 2.45) is 0 Å². The second-order valence-corrected chi connectivity index (χ2v) is 10.6. The summed E-state index contributed by atoms with van der Waals surface area (Å²) in [7, 11) is 1.38. The number of anilines is 3. The Balaban J connectivity index is 1.84. The van der Waals surface area contributed by atoms with E-state index in [2.05, 4.69) is 24.1 Å². The second-order valence-electron chi connectivity index (χ2n) is 6.74. The normalized spacial score (nSPS) is 14.9. The van der Waals surface area contributed by atoms with Crippen LogP contribution in [0.2, 0.25) is 0 Å². The number of pyridine rings is 1. The van der Waals surface area contributed by atoms with Gasteiger partial charge < -0.3 is 0 Å². The number of rotatable bonds is 7. The molecule has 0 aliphatic carbocycles. The van der Waals surface area contributed by atoms with Crippen LogP contribution in [0.4, 0.5) is 26.2 Å². The number of halogens is 4. The van der Waals surface area contributed by atoms with Crippen LogP contribution in [0.3, 0.4) is 0 Å². The van der Waals surface area contributed by atoms with Gasteiger partial charge in [-0.1, -0.05) is 0 Å². The predicted molar refractivity (Wildman–Crippen MR) is 133 cm³/mol. The first-order valence-electron chi connectivity index (χ1n) is 9.39. The van der Waals surface area contributed by atoms with Crippen LogP contribution in [0.15, 0.2) is 36.7 Å². The summed E-state index contributed by atoms with van der Waals surface area (Å²) in [6, 6.07) is 6.34. The molecule has 0 spiro atoms. The summed E-state index contributed by atoms with van der Waals surface area (Å²) in [5, 5.41) is 6.12. The maximum absolute atomic E-state index is 14.3. The molecule has 0 bridgehead atoms. The Morgan fingerprint density at radius 3 is 2.88 bits per heavy atom. The molecular weight excluding hydrogens is 774 g/mol. The molecule has 13 heteroatoms. The van der Waals surface area contributed by atoms with Crippen molar-refractivity contribution in [2.75, 3.05) is 16.0 Å². The molecule has 174 valence electrons. The van der Waals surface area contributed by atoms with Crippen molar-refractivity contribution >= 4 is 72.4 Å². The third-order valence-corrected chi connectivity index (χ3v) is 8.48. The summed E-state index contributed by atoms with van der Waals surface area (Å²) >= 11 is 2.54. The van der Waals surface area contributed by atoms with Gasteiger partial charge in [0.15, 0.2) is 0 Å². The summed E-state index contributed by atoms with van der Waals surface area (Å²) in [6.45, 7) is 0.